The molecule has 0 saturated heterocycles. The molecule has 1 aromatic heterocycles. The molecule has 0 aliphatic heterocycles. The van der Waals surface area contributed by atoms with Gasteiger partial charge in [-0.1, -0.05) is 12.1 Å². The molecule has 1 aromatic carbocycles. The predicted octanol–water partition coefficient (Wildman–Crippen LogP) is 1.36. The van der Waals surface area contributed by atoms with E-state index in [9.17, 15) is 4.79 Å². The summed E-state index contributed by atoms with van der Waals surface area (Å²) in [6.07, 6.45) is 1.87. The van der Waals surface area contributed by atoms with Gasteiger partial charge in [0.1, 0.15) is 0 Å². The minimum atomic E-state index is -0.0950. The fourth-order valence-electron chi connectivity index (χ4n) is 1.90. The van der Waals surface area contributed by atoms with Gasteiger partial charge in [0.05, 0.1) is 30.2 Å². The van der Waals surface area contributed by atoms with Crippen molar-refractivity contribution in [3.63, 3.8) is 0 Å². The van der Waals surface area contributed by atoms with Crippen molar-refractivity contribution in [2.24, 2.45) is 0 Å². The fraction of sp³-hybridized carbons (Fsp3) is 0.333. The Kier molecular flexibility index (Phi) is 5.48. The lowest BCUT2D eigenvalue weighted by atomic mass is 10.2. The third kappa shape index (κ3) is 4.40. The Morgan fingerprint density at radius 3 is 2.86 bits per heavy atom. The molecule has 0 radical (unpaired) electrons. The normalized spacial score (nSPS) is 10.6. The van der Waals surface area contributed by atoms with Crippen LogP contribution in [0.1, 0.15) is 5.69 Å². The summed E-state index contributed by atoms with van der Waals surface area (Å²) < 4.78 is 6.67. The number of methoxy groups -OCH3 is 1. The molecule has 21 heavy (non-hydrogen) atoms. The number of para-hydroxylation sites is 2. The molecule has 6 nitrogen and oxygen atoms in total. The highest BCUT2D eigenvalue weighted by Gasteiger charge is 2.08. The van der Waals surface area contributed by atoms with Crippen LogP contribution in [0.5, 0.6) is 0 Å². The molecule has 0 aliphatic rings. The van der Waals surface area contributed by atoms with Gasteiger partial charge in [0.2, 0.25) is 5.91 Å². The summed E-state index contributed by atoms with van der Waals surface area (Å²) in [6, 6.07) is 9.50. The van der Waals surface area contributed by atoms with E-state index in [2.05, 4.69) is 15.7 Å². The number of carbonyl (C=O) groups is 1. The monoisotopic (exact) mass is 288 g/mol. The van der Waals surface area contributed by atoms with E-state index in [4.69, 9.17) is 4.74 Å². The van der Waals surface area contributed by atoms with Gasteiger partial charge in [-0.05, 0) is 25.1 Å². The van der Waals surface area contributed by atoms with Gasteiger partial charge in [-0.25, -0.2) is 4.68 Å². The van der Waals surface area contributed by atoms with E-state index in [0.717, 1.165) is 17.1 Å². The molecule has 0 aliphatic carbocycles. The van der Waals surface area contributed by atoms with Gasteiger partial charge in [-0.15, -0.1) is 0 Å². The molecule has 0 atom stereocenters. The van der Waals surface area contributed by atoms with Gasteiger partial charge in [0, 0.05) is 19.9 Å². The SMILES string of the molecule is COCCNCC(=O)Nc1ccccc1-n1ccc(C)n1. The quantitative estimate of drug-likeness (QED) is 0.755. The molecule has 1 heterocycles. The van der Waals surface area contributed by atoms with Crippen molar-refractivity contribution in [1.29, 1.82) is 0 Å². The third-order valence-electron chi connectivity index (χ3n) is 2.92. The van der Waals surface area contributed by atoms with Crippen molar-refractivity contribution in [2.45, 2.75) is 6.92 Å². The van der Waals surface area contributed by atoms with E-state index < -0.39 is 0 Å². The van der Waals surface area contributed by atoms with Crippen molar-refractivity contribution >= 4 is 11.6 Å². The first-order valence-electron chi connectivity index (χ1n) is 6.82. The number of rotatable bonds is 7. The van der Waals surface area contributed by atoms with Gasteiger partial charge in [-0.2, -0.15) is 5.10 Å². The second-order valence-corrected chi connectivity index (χ2v) is 4.64. The van der Waals surface area contributed by atoms with E-state index in [0.29, 0.717) is 13.2 Å². The number of nitrogens with one attached hydrogen (secondary N) is 2. The summed E-state index contributed by atoms with van der Waals surface area (Å²) in [7, 11) is 1.63. The molecule has 2 rings (SSSR count). The van der Waals surface area contributed by atoms with Gasteiger partial charge in [0.15, 0.2) is 0 Å². The lowest BCUT2D eigenvalue weighted by Gasteiger charge is -2.11. The number of carbonyl (C=O) groups excluding carboxylic acids is 1. The zero-order valence-electron chi connectivity index (χ0n) is 12.3. The lowest BCUT2D eigenvalue weighted by Crippen LogP contribution is -2.30. The molecular weight excluding hydrogens is 268 g/mol. The summed E-state index contributed by atoms with van der Waals surface area (Å²) in [5.41, 5.74) is 2.51. The van der Waals surface area contributed by atoms with Crippen LogP contribution in [0.2, 0.25) is 0 Å². The van der Waals surface area contributed by atoms with Crippen molar-refractivity contribution < 1.29 is 9.53 Å². The van der Waals surface area contributed by atoms with Crippen LogP contribution in [-0.2, 0) is 9.53 Å². The fourth-order valence-corrected chi connectivity index (χ4v) is 1.90. The van der Waals surface area contributed by atoms with Crippen LogP contribution in [0.15, 0.2) is 36.5 Å². The minimum absolute atomic E-state index is 0.0950. The molecule has 112 valence electrons. The van der Waals surface area contributed by atoms with E-state index in [1.807, 2.05) is 43.5 Å². The molecular formula is C15H20N4O2. The Balaban J connectivity index is 2.02. The summed E-state index contributed by atoms with van der Waals surface area (Å²) in [6.45, 7) is 3.40. The van der Waals surface area contributed by atoms with Gasteiger partial charge in [0.25, 0.3) is 0 Å². The van der Waals surface area contributed by atoms with Crippen molar-refractivity contribution in [1.82, 2.24) is 15.1 Å². The number of aromatic nitrogens is 2. The van der Waals surface area contributed by atoms with Gasteiger partial charge >= 0.3 is 0 Å². The minimum Gasteiger partial charge on any atom is -0.383 e. The molecule has 0 unspecified atom stereocenters. The average Bonchev–Trinajstić information content (AvgIpc) is 2.91. The van der Waals surface area contributed by atoms with E-state index in [1.165, 1.54) is 0 Å². The van der Waals surface area contributed by atoms with Crippen molar-refractivity contribution in [2.75, 3.05) is 32.1 Å². The molecule has 2 aromatic rings. The van der Waals surface area contributed by atoms with Gasteiger partial charge in [-0.3, -0.25) is 4.79 Å². The highest BCUT2D eigenvalue weighted by molar-refractivity contribution is 5.94. The number of ether oxygens (including phenoxy) is 1. The Labute approximate surface area is 124 Å². The molecule has 1 amide bonds. The molecule has 0 fully saturated rings. The zero-order chi connectivity index (χ0) is 15.1. The van der Waals surface area contributed by atoms with Gasteiger partial charge < -0.3 is 15.4 Å². The molecule has 0 saturated carbocycles. The zero-order valence-corrected chi connectivity index (χ0v) is 12.3. The van der Waals surface area contributed by atoms with Crippen LogP contribution in [0.25, 0.3) is 5.69 Å². The van der Waals surface area contributed by atoms with E-state index in [-0.39, 0.29) is 12.5 Å². The maximum atomic E-state index is 11.9. The van der Waals surface area contributed by atoms with Crippen LogP contribution >= 0.6 is 0 Å². The predicted molar refractivity (Wildman–Crippen MR) is 81.7 cm³/mol. The Morgan fingerprint density at radius 2 is 2.14 bits per heavy atom. The highest BCUT2D eigenvalue weighted by Crippen LogP contribution is 2.19. The Bertz CT molecular complexity index is 595. The Hall–Kier alpha value is -2.18. The highest BCUT2D eigenvalue weighted by atomic mass is 16.5. The van der Waals surface area contributed by atoms with Crippen LogP contribution < -0.4 is 10.6 Å². The standard InChI is InChI=1S/C15H20N4O2/c1-12-7-9-19(18-12)14-6-4-3-5-13(14)17-15(20)11-16-8-10-21-2/h3-7,9,16H,8,10-11H2,1-2H3,(H,17,20). The second kappa shape index (κ2) is 7.56. The first-order chi connectivity index (χ1) is 10.2. The molecule has 2 N–H and O–H groups in total. The summed E-state index contributed by atoms with van der Waals surface area (Å²) in [5, 5.41) is 10.3. The maximum Gasteiger partial charge on any atom is 0.238 e. The lowest BCUT2D eigenvalue weighted by molar-refractivity contribution is -0.115. The number of aryl methyl sites for hydroxylation is 1. The Morgan fingerprint density at radius 1 is 1.33 bits per heavy atom. The number of hydrogen-bond donors (Lipinski definition) is 2. The summed E-state index contributed by atoms with van der Waals surface area (Å²) in [5.74, 6) is -0.0950. The van der Waals surface area contributed by atoms with Crippen LogP contribution in [0.4, 0.5) is 5.69 Å². The molecule has 0 spiro atoms. The first-order valence-corrected chi connectivity index (χ1v) is 6.82. The largest absolute Gasteiger partial charge is 0.383 e. The van der Waals surface area contributed by atoms with Crippen LogP contribution in [-0.4, -0.2) is 42.5 Å². The smallest absolute Gasteiger partial charge is 0.238 e. The average molecular weight is 288 g/mol. The summed E-state index contributed by atoms with van der Waals surface area (Å²) >= 11 is 0. The van der Waals surface area contributed by atoms with E-state index >= 15 is 0 Å². The van der Waals surface area contributed by atoms with Crippen molar-refractivity contribution in [3.05, 3.63) is 42.2 Å². The second-order valence-electron chi connectivity index (χ2n) is 4.64. The molecule has 6 heteroatoms. The number of anilines is 1. The number of amides is 1. The maximum absolute atomic E-state index is 11.9. The number of hydrogen-bond acceptors (Lipinski definition) is 4. The van der Waals surface area contributed by atoms with E-state index in [1.54, 1.807) is 11.8 Å². The number of benzene rings is 1. The van der Waals surface area contributed by atoms with Crippen LogP contribution in [0, 0.1) is 6.92 Å². The van der Waals surface area contributed by atoms with Crippen LogP contribution in [0.3, 0.4) is 0 Å². The summed E-state index contributed by atoms with van der Waals surface area (Å²) in [4.78, 5) is 11.9. The first kappa shape index (κ1) is 15.2. The molecule has 0 bridgehead atoms. The third-order valence-corrected chi connectivity index (χ3v) is 2.92. The topological polar surface area (TPSA) is 68.2 Å². The number of nitrogens with zero attached hydrogens (tertiary/aromatic N) is 2. The van der Waals surface area contributed by atoms with Crippen molar-refractivity contribution in [3.8, 4) is 5.69 Å².